The van der Waals surface area contributed by atoms with Crippen LogP contribution < -0.4 is 5.73 Å². The molecule has 0 saturated heterocycles. The number of hydrogen-bond donors (Lipinski definition) is 1. The molecule has 0 rings (SSSR count). The molecule has 0 aliphatic heterocycles. The highest BCUT2D eigenvalue weighted by atomic mass is 14.6. The van der Waals surface area contributed by atoms with Crippen LogP contribution >= 0.6 is 0 Å². The van der Waals surface area contributed by atoms with E-state index in [0.29, 0.717) is 6.04 Å². The van der Waals surface area contributed by atoms with Gasteiger partial charge >= 0.3 is 0 Å². The van der Waals surface area contributed by atoms with Crippen molar-refractivity contribution >= 4 is 0 Å². The molecular formula is C4H13N. The fourth-order valence-corrected chi connectivity index (χ4v) is 0. The van der Waals surface area contributed by atoms with E-state index >= 15 is 0 Å². The van der Waals surface area contributed by atoms with Gasteiger partial charge in [-0.15, -0.1) is 0 Å². The van der Waals surface area contributed by atoms with Crippen LogP contribution in [0, 0.1) is 0 Å². The van der Waals surface area contributed by atoms with E-state index < -0.39 is 0 Å². The van der Waals surface area contributed by atoms with Crippen molar-refractivity contribution in [1.82, 2.24) is 0 Å². The van der Waals surface area contributed by atoms with E-state index in [2.05, 4.69) is 0 Å². The van der Waals surface area contributed by atoms with E-state index in [-0.39, 0.29) is 7.43 Å². The zero-order chi connectivity index (χ0) is 3.58. The maximum absolute atomic E-state index is 5.11. The van der Waals surface area contributed by atoms with Gasteiger partial charge in [0.15, 0.2) is 0 Å². The topological polar surface area (TPSA) is 26.0 Å². The minimum atomic E-state index is 0. The van der Waals surface area contributed by atoms with E-state index in [4.69, 9.17) is 5.73 Å². The maximum atomic E-state index is 5.11. The summed E-state index contributed by atoms with van der Waals surface area (Å²) in [6, 6.07) is 0.333. The molecular weight excluding hydrogens is 62.1 g/mol. The molecule has 0 aromatic rings. The van der Waals surface area contributed by atoms with Gasteiger partial charge in [-0.1, -0.05) is 21.3 Å². The minimum Gasteiger partial charge on any atom is -0.328 e. The minimum absolute atomic E-state index is 0. The lowest BCUT2D eigenvalue weighted by atomic mass is 10.5. The molecule has 0 bridgehead atoms. The molecule has 0 atom stereocenters. The van der Waals surface area contributed by atoms with E-state index in [1.54, 1.807) is 0 Å². The quantitative estimate of drug-likeness (QED) is 0.456. The molecule has 0 aliphatic carbocycles. The van der Waals surface area contributed by atoms with Gasteiger partial charge in [0.2, 0.25) is 0 Å². The summed E-state index contributed by atoms with van der Waals surface area (Å²) in [4.78, 5) is 0. The Morgan fingerprint density at radius 3 is 1.40 bits per heavy atom. The maximum Gasteiger partial charge on any atom is -0.00179 e. The normalized spacial score (nSPS) is 7.20. The van der Waals surface area contributed by atoms with Crippen LogP contribution in [0.25, 0.3) is 0 Å². The third kappa shape index (κ3) is 9510. The van der Waals surface area contributed by atoms with Crippen LogP contribution in [0.15, 0.2) is 0 Å². The molecule has 0 aromatic heterocycles. The van der Waals surface area contributed by atoms with Gasteiger partial charge in [0, 0.05) is 0 Å². The van der Waals surface area contributed by atoms with Gasteiger partial charge < -0.3 is 5.73 Å². The van der Waals surface area contributed by atoms with Crippen molar-refractivity contribution in [2.24, 2.45) is 5.73 Å². The first-order valence-electron chi connectivity index (χ1n) is 1.49. The first-order chi connectivity index (χ1) is 1.73. The Labute approximate surface area is 34.2 Å². The van der Waals surface area contributed by atoms with Crippen molar-refractivity contribution in [2.45, 2.75) is 27.3 Å². The molecule has 0 fully saturated rings. The molecule has 5 heavy (non-hydrogen) atoms. The molecule has 0 unspecified atom stereocenters. The smallest absolute Gasteiger partial charge is 0.00179 e. The van der Waals surface area contributed by atoms with Crippen LogP contribution in [0.4, 0.5) is 0 Å². The molecule has 1 heteroatoms. The standard InChI is InChI=1S/C3H9N.CH4/c1-3(2)4;/h3H,4H2,1-2H3;1H4. The summed E-state index contributed by atoms with van der Waals surface area (Å²) in [6.45, 7) is 3.89. The highest BCUT2D eigenvalue weighted by Crippen LogP contribution is 1.58. The number of hydrogen-bond acceptors (Lipinski definition) is 1. The van der Waals surface area contributed by atoms with E-state index in [0.717, 1.165) is 0 Å². The Morgan fingerprint density at radius 2 is 1.40 bits per heavy atom. The van der Waals surface area contributed by atoms with Crippen molar-refractivity contribution in [3.8, 4) is 0 Å². The second kappa shape index (κ2) is 3.96. The SMILES string of the molecule is C.CC(C)N. The Bertz CT molecular complexity index is 8.36. The molecule has 34 valence electrons. The summed E-state index contributed by atoms with van der Waals surface area (Å²) in [5.41, 5.74) is 5.11. The lowest BCUT2D eigenvalue weighted by Crippen LogP contribution is -2.06. The molecule has 2 N–H and O–H groups in total. The molecule has 0 saturated carbocycles. The second-order valence-electron chi connectivity index (χ2n) is 1.24. The van der Waals surface area contributed by atoms with E-state index in [1.807, 2.05) is 13.8 Å². The van der Waals surface area contributed by atoms with Gasteiger partial charge in [0.1, 0.15) is 0 Å². The lowest BCUT2D eigenvalue weighted by molar-refractivity contribution is 0.834. The van der Waals surface area contributed by atoms with Crippen LogP contribution in [0.1, 0.15) is 21.3 Å². The van der Waals surface area contributed by atoms with Gasteiger partial charge in [-0.05, 0) is 6.04 Å². The molecule has 0 amide bonds. The first kappa shape index (κ1) is 8.88. The summed E-state index contributed by atoms with van der Waals surface area (Å²) in [6.07, 6.45) is 0. The highest BCUT2D eigenvalue weighted by Gasteiger charge is 1.67. The van der Waals surface area contributed by atoms with Crippen molar-refractivity contribution in [3.63, 3.8) is 0 Å². The Hall–Kier alpha value is -0.0400. The van der Waals surface area contributed by atoms with Crippen LogP contribution in [0.5, 0.6) is 0 Å². The summed E-state index contributed by atoms with van der Waals surface area (Å²) in [7, 11) is 0. The third-order valence-electron chi connectivity index (χ3n) is 0. The van der Waals surface area contributed by atoms with Crippen LogP contribution in [0.3, 0.4) is 0 Å². The van der Waals surface area contributed by atoms with Crippen molar-refractivity contribution in [1.29, 1.82) is 0 Å². The monoisotopic (exact) mass is 75.1 g/mol. The Kier molecular flexibility index (Phi) is 7.03. The third-order valence-corrected chi connectivity index (χ3v) is 0. The number of rotatable bonds is 0. The predicted molar refractivity (Wildman–Crippen MR) is 26.1 cm³/mol. The fraction of sp³-hybridized carbons (Fsp3) is 1.00. The van der Waals surface area contributed by atoms with Crippen LogP contribution in [0.2, 0.25) is 0 Å². The molecule has 0 aromatic carbocycles. The number of nitrogens with two attached hydrogens (primary N) is 1. The van der Waals surface area contributed by atoms with Gasteiger partial charge in [0.25, 0.3) is 0 Å². The summed E-state index contributed by atoms with van der Waals surface area (Å²) < 4.78 is 0. The molecule has 0 radical (unpaired) electrons. The average Bonchev–Trinajstić information content (AvgIpc) is 0.811. The van der Waals surface area contributed by atoms with Gasteiger partial charge in [-0.3, -0.25) is 0 Å². The van der Waals surface area contributed by atoms with Gasteiger partial charge in [0.05, 0.1) is 0 Å². The average molecular weight is 75.2 g/mol. The van der Waals surface area contributed by atoms with E-state index in [1.165, 1.54) is 0 Å². The zero-order valence-corrected chi connectivity index (χ0v) is 3.15. The first-order valence-corrected chi connectivity index (χ1v) is 1.49. The highest BCUT2D eigenvalue weighted by molar-refractivity contribution is 4.32. The van der Waals surface area contributed by atoms with Gasteiger partial charge in [-0.2, -0.15) is 0 Å². The second-order valence-corrected chi connectivity index (χ2v) is 1.24. The fourth-order valence-electron chi connectivity index (χ4n) is 0. The summed E-state index contributed by atoms with van der Waals surface area (Å²) >= 11 is 0. The van der Waals surface area contributed by atoms with Crippen molar-refractivity contribution < 1.29 is 0 Å². The summed E-state index contributed by atoms with van der Waals surface area (Å²) in [5.74, 6) is 0. The van der Waals surface area contributed by atoms with Gasteiger partial charge in [-0.25, -0.2) is 0 Å². The molecule has 0 spiro atoms. The van der Waals surface area contributed by atoms with E-state index in [9.17, 15) is 0 Å². The van der Waals surface area contributed by atoms with Crippen molar-refractivity contribution in [3.05, 3.63) is 0 Å². The summed E-state index contributed by atoms with van der Waals surface area (Å²) in [5, 5.41) is 0. The molecule has 0 heterocycles. The molecule has 1 nitrogen and oxygen atoms in total. The van der Waals surface area contributed by atoms with Crippen LogP contribution in [-0.4, -0.2) is 6.04 Å². The van der Waals surface area contributed by atoms with Crippen LogP contribution in [-0.2, 0) is 0 Å². The predicted octanol–water partition coefficient (Wildman–Crippen LogP) is 0.990. The Morgan fingerprint density at radius 1 is 1.40 bits per heavy atom. The Balaban J connectivity index is 0. The zero-order valence-electron chi connectivity index (χ0n) is 3.15. The largest absolute Gasteiger partial charge is 0.328 e. The van der Waals surface area contributed by atoms with Crippen molar-refractivity contribution in [2.75, 3.05) is 0 Å². The molecule has 0 aliphatic rings. The lowest BCUT2D eigenvalue weighted by Gasteiger charge is -1.81.